The van der Waals surface area contributed by atoms with Gasteiger partial charge in [0.05, 0.1) is 0 Å². The average Bonchev–Trinajstić information content (AvgIpc) is 2.91. The molecule has 1 aromatic rings. The zero-order chi connectivity index (χ0) is 12.5. The van der Waals surface area contributed by atoms with Crippen molar-refractivity contribution in [1.82, 2.24) is 4.90 Å². The van der Waals surface area contributed by atoms with Crippen LogP contribution in [0.4, 0.5) is 4.39 Å². The van der Waals surface area contributed by atoms with Gasteiger partial charge in [-0.1, -0.05) is 31.9 Å². The topological polar surface area (TPSA) is 3.24 Å². The molecule has 0 radical (unpaired) electrons. The molecule has 0 unspecified atom stereocenters. The van der Waals surface area contributed by atoms with Crippen molar-refractivity contribution in [2.24, 2.45) is 0 Å². The first-order valence-electron chi connectivity index (χ1n) is 7.31. The number of nitrogens with zero attached hydrogens (tertiary/aromatic N) is 1. The van der Waals surface area contributed by atoms with Crippen LogP contribution in [0.2, 0.25) is 0 Å². The van der Waals surface area contributed by atoms with Crippen LogP contribution in [0.25, 0.3) is 0 Å². The molecule has 0 N–H and O–H groups in total. The monoisotopic (exact) mass is 247 g/mol. The molecule has 0 saturated heterocycles. The van der Waals surface area contributed by atoms with Crippen molar-refractivity contribution in [3.05, 3.63) is 35.1 Å². The van der Waals surface area contributed by atoms with Crippen LogP contribution in [0.15, 0.2) is 18.2 Å². The first-order chi connectivity index (χ1) is 8.79. The predicted octanol–water partition coefficient (Wildman–Crippen LogP) is 3.91. The molecule has 0 spiro atoms. The summed E-state index contributed by atoms with van der Waals surface area (Å²) in [6.45, 7) is 3.19. The second-order valence-corrected chi connectivity index (χ2v) is 5.75. The fourth-order valence-electron chi connectivity index (χ4n) is 3.70. The molecule has 1 aliphatic carbocycles. The summed E-state index contributed by atoms with van der Waals surface area (Å²) in [6.07, 6.45) is 7.43. The van der Waals surface area contributed by atoms with Crippen molar-refractivity contribution >= 4 is 0 Å². The summed E-state index contributed by atoms with van der Waals surface area (Å²) < 4.78 is 13.9. The highest BCUT2D eigenvalue weighted by Gasteiger charge is 2.32. The minimum absolute atomic E-state index is 0.00276. The van der Waals surface area contributed by atoms with Crippen LogP contribution < -0.4 is 0 Å². The first-order valence-corrected chi connectivity index (χ1v) is 7.31. The molecule has 1 atom stereocenters. The maximum atomic E-state index is 13.9. The zero-order valence-electron chi connectivity index (χ0n) is 11.2. The molecule has 3 rings (SSSR count). The lowest BCUT2D eigenvalue weighted by atomic mass is 9.90. The standard InChI is InChI=1S/C16H22FN/c1-2-13-10-15-12(6-5-9-16(15)17)11-18(13)14-7-3-4-8-14/h5-6,9,13-14H,2-4,7-8,10-11H2,1H3/t13-/m0/s1. The lowest BCUT2D eigenvalue weighted by Crippen LogP contribution is -2.45. The van der Waals surface area contributed by atoms with Gasteiger partial charge in [-0.05, 0) is 42.9 Å². The smallest absolute Gasteiger partial charge is 0.126 e. The van der Waals surface area contributed by atoms with Gasteiger partial charge < -0.3 is 0 Å². The van der Waals surface area contributed by atoms with E-state index in [1.807, 2.05) is 6.07 Å². The van der Waals surface area contributed by atoms with Crippen molar-refractivity contribution < 1.29 is 4.39 Å². The van der Waals surface area contributed by atoms with Crippen molar-refractivity contribution in [2.45, 2.75) is 64.1 Å². The number of benzene rings is 1. The Morgan fingerprint density at radius 2 is 2.06 bits per heavy atom. The summed E-state index contributed by atoms with van der Waals surface area (Å²) in [6, 6.07) is 6.85. The minimum Gasteiger partial charge on any atom is -0.293 e. The van der Waals surface area contributed by atoms with Crippen LogP contribution in [0, 0.1) is 5.82 Å². The third kappa shape index (κ3) is 2.07. The Hall–Kier alpha value is -0.890. The molecular formula is C16H22FN. The largest absolute Gasteiger partial charge is 0.293 e. The van der Waals surface area contributed by atoms with Crippen molar-refractivity contribution in [3.63, 3.8) is 0 Å². The van der Waals surface area contributed by atoms with Crippen LogP contribution in [-0.2, 0) is 13.0 Å². The van der Waals surface area contributed by atoms with E-state index in [1.54, 1.807) is 6.07 Å². The molecule has 1 saturated carbocycles. The van der Waals surface area contributed by atoms with Gasteiger partial charge in [-0.2, -0.15) is 0 Å². The highest BCUT2D eigenvalue weighted by molar-refractivity contribution is 5.31. The molecule has 1 aliphatic heterocycles. The second-order valence-electron chi connectivity index (χ2n) is 5.75. The number of hydrogen-bond donors (Lipinski definition) is 0. The third-order valence-corrected chi connectivity index (χ3v) is 4.74. The Morgan fingerprint density at radius 3 is 2.78 bits per heavy atom. The van der Waals surface area contributed by atoms with E-state index in [0.717, 1.165) is 31.0 Å². The number of rotatable bonds is 2. The quantitative estimate of drug-likeness (QED) is 0.766. The van der Waals surface area contributed by atoms with E-state index >= 15 is 0 Å². The summed E-state index contributed by atoms with van der Waals surface area (Å²) in [5.41, 5.74) is 2.19. The number of halogens is 1. The van der Waals surface area contributed by atoms with Gasteiger partial charge in [0.15, 0.2) is 0 Å². The van der Waals surface area contributed by atoms with Crippen molar-refractivity contribution in [2.75, 3.05) is 0 Å². The summed E-state index contributed by atoms with van der Waals surface area (Å²) >= 11 is 0. The fraction of sp³-hybridized carbons (Fsp3) is 0.625. The molecule has 1 heterocycles. The van der Waals surface area contributed by atoms with Crippen LogP contribution in [0.3, 0.4) is 0 Å². The molecule has 1 aromatic carbocycles. The molecule has 98 valence electrons. The van der Waals surface area contributed by atoms with Crippen LogP contribution in [0.5, 0.6) is 0 Å². The molecule has 1 nitrogen and oxygen atoms in total. The molecule has 2 aliphatic rings. The molecule has 0 bridgehead atoms. The summed E-state index contributed by atoms with van der Waals surface area (Å²) in [4.78, 5) is 2.65. The van der Waals surface area contributed by atoms with E-state index in [-0.39, 0.29) is 5.82 Å². The number of hydrogen-bond acceptors (Lipinski definition) is 1. The minimum atomic E-state index is -0.00276. The molecule has 18 heavy (non-hydrogen) atoms. The molecule has 1 fully saturated rings. The molecule has 0 amide bonds. The van der Waals surface area contributed by atoms with Crippen LogP contribution >= 0.6 is 0 Å². The highest BCUT2D eigenvalue weighted by Crippen LogP contribution is 2.33. The van der Waals surface area contributed by atoms with Crippen molar-refractivity contribution in [1.29, 1.82) is 0 Å². The molecule has 0 aromatic heterocycles. The fourth-order valence-corrected chi connectivity index (χ4v) is 3.70. The first kappa shape index (κ1) is 12.2. The van der Waals surface area contributed by atoms with Crippen LogP contribution in [-0.4, -0.2) is 17.0 Å². The average molecular weight is 247 g/mol. The number of fused-ring (bicyclic) bond motifs is 1. The summed E-state index contributed by atoms with van der Waals surface area (Å²) in [7, 11) is 0. The Labute approximate surface area is 109 Å². The van der Waals surface area contributed by atoms with Gasteiger partial charge in [-0.3, -0.25) is 4.90 Å². The van der Waals surface area contributed by atoms with E-state index < -0.39 is 0 Å². The van der Waals surface area contributed by atoms with Gasteiger partial charge in [0.1, 0.15) is 5.82 Å². The maximum Gasteiger partial charge on any atom is 0.126 e. The van der Waals surface area contributed by atoms with E-state index in [9.17, 15) is 4.39 Å². The highest BCUT2D eigenvalue weighted by atomic mass is 19.1. The molecular weight excluding hydrogens is 225 g/mol. The Morgan fingerprint density at radius 1 is 1.28 bits per heavy atom. The van der Waals surface area contributed by atoms with Gasteiger partial charge in [-0.25, -0.2) is 4.39 Å². The second kappa shape index (κ2) is 5.00. The SMILES string of the molecule is CC[C@H]1Cc2c(F)cccc2CN1C1CCCC1. The lowest BCUT2D eigenvalue weighted by molar-refractivity contribution is 0.109. The zero-order valence-corrected chi connectivity index (χ0v) is 11.2. The molecule has 2 heteroatoms. The van der Waals surface area contributed by atoms with E-state index in [4.69, 9.17) is 0 Å². The maximum absolute atomic E-state index is 13.9. The van der Waals surface area contributed by atoms with Crippen molar-refractivity contribution in [3.8, 4) is 0 Å². The predicted molar refractivity (Wildman–Crippen MR) is 72.0 cm³/mol. The van der Waals surface area contributed by atoms with Gasteiger partial charge in [0.25, 0.3) is 0 Å². The Bertz CT molecular complexity index is 423. The Kier molecular flexibility index (Phi) is 3.38. The van der Waals surface area contributed by atoms with Crippen LogP contribution in [0.1, 0.15) is 50.2 Å². The van der Waals surface area contributed by atoms with Gasteiger partial charge in [0, 0.05) is 18.6 Å². The van der Waals surface area contributed by atoms with E-state index in [2.05, 4.69) is 17.9 Å². The third-order valence-electron chi connectivity index (χ3n) is 4.74. The van der Waals surface area contributed by atoms with E-state index in [0.29, 0.717) is 6.04 Å². The normalized spacial score (nSPS) is 25.3. The van der Waals surface area contributed by atoms with E-state index in [1.165, 1.54) is 31.2 Å². The van der Waals surface area contributed by atoms with Gasteiger partial charge in [-0.15, -0.1) is 0 Å². The van der Waals surface area contributed by atoms with Gasteiger partial charge >= 0.3 is 0 Å². The summed E-state index contributed by atoms with van der Waals surface area (Å²) in [5.74, 6) is -0.00276. The lowest BCUT2D eigenvalue weighted by Gasteiger charge is -2.40. The van der Waals surface area contributed by atoms with Gasteiger partial charge in [0.2, 0.25) is 0 Å². The Balaban J connectivity index is 1.88. The summed E-state index contributed by atoms with van der Waals surface area (Å²) in [5, 5.41) is 0.